The molecule has 0 heterocycles. The molecule has 0 aliphatic rings. The largest absolute Gasteiger partial charge is 0.377 e. The van der Waals surface area contributed by atoms with Crippen LogP contribution in [-0.2, 0) is 34.3 Å². The predicted octanol–water partition coefficient (Wildman–Crippen LogP) is 3.19. The molecule has 2 aromatic rings. The van der Waals surface area contributed by atoms with Gasteiger partial charge in [-0.2, -0.15) is 0 Å². The number of ether oxygens (including phenoxy) is 1. The van der Waals surface area contributed by atoms with Crippen molar-refractivity contribution < 1.29 is 13.2 Å². The van der Waals surface area contributed by atoms with Gasteiger partial charge in [-0.1, -0.05) is 36.4 Å². The van der Waals surface area contributed by atoms with Crippen LogP contribution in [0.1, 0.15) is 36.1 Å². The van der Waals surface area contributed by atoms with E-state index < -0.39 is 9.84 Å². The number of aryl methyl sites for hydroxylation is 1. The van der Waals surface area contributed by atoms with E-state index in [0.29, 0.717) is 37.2 Å². The zero-order valence-corrected chi connectivity index (χ0v) is 18.5. The fourth-order valence-corrected chi connectivity index (χ4v) is 3.96. The average molecular weight is 418 g/mol. The normalized spacial score (nSPS) is 12.1. The summed E-state index contributed by atoms with van der Waals surface area (Å²) in [6, 6.07) is 13.5. The quantitative estimate of drug-likeness (QED) is 0.484. The summed E-state index contributed by atoms with van der Waals surface area (Å²) in [6.07, 6.45) is 1.23. The van der Waals surface area contributed by atoms with Gasteiger partial charge in [0.15, 0.2) is 15.8 Å². The summed E-state index contributed by atoms with van der Waals surface area (Å²) < 4.78 is 29.1. The van der Waals surface area contributed by atoms with Gasteiger partial charge in [-0.05, 0) is 49.1 Å². The number of benzene rings is 2. The summed E-state index contributed by atoms with van der Waals surface area (Å²) in [5.74, 6) is 0.712. The lowest BCUT2D eigenvalue weighted by molar-refractivity contribution is 0.133. The van der Waals surface area contributed by atoms with Gasteiger partial charge in [0.1, 0.15) is 0 Å². The Bertz CT molecular complexity index is 940. The number of hydrogen-bond donors (Lipinski definition) is 2. The summed E-state index contributed by atoms with van der Waals surface area (Å²) in [7, 11) is -3.21. The smallest absolute Gasteiger partial charge is 0.191 e. The molecule has 0 aliphatic heterocycles. The zero-order valence-electron chi connectivity index (χ0n) is 17.7. The van der Waals surface area contributed by atoms with Gasteiger partial charge in [-0.3, -0.25) is 0 Å². The van der Waals surface area contributed by atoms with Crippen LogP contribution < -0.4 is 10.6 Å². The van der Waals surface area contributed by atoms with Crippen molar-refractivity contribution in [1.29, 1.82) is 0 Å². The van der Waals surface area contributed by atoms with E-state index in [9.17, 15) is 8.42 Å². The van der Waals surface area contributed by atoms with Crippen molar-refractivity contribution in [3.05, 3.63) is 64.7 Å². The molecule has 7 heteroatoms. The minimum Gasteiger partial charge on any atom is -0.377 e. The zero-order chi connectivity index (χ0) is 21.3. The lowest BCUT2D eigenvalue weighted by Gasteiger charge is -2.14. The first-order valence-corrected chi connectivity index (χ1v) is 11.7. The monoisotopic (exact) mass is 417 g/mol. The molecule has 0 saturated carbocycles. The number of sulfone groups is 1. The van der Waals surface area contributed by atoms with Crippen molar-refractivity contribution in [2.24, 2.45) is 4.99 Å². The molecule has 0 radical (unpaired) electrons. The Labute approximate surface area is 174 Å². The molecule has 0 amide bonds. The van der Waals surface area contributed by atoms with E-state index in [2.05, 4.69) is 27.8 Å². The minimum absolute atomic E-state index is 0.362. The van der Waals surface area contributed by atoms with E-state index >= 15 is 0 Å². The maximum Gasteiger partial charge on any atom is 0.191 e. The number of aliphatic imine (C=N–C) groups is 1. The minimum atomic E-state index is -3.21. The summed E-state index contributed by atoms with van der Waals surface area (Å²) in [6.45, 7) is 8.94. The molecule has 0 bridgehead atoms. The molecule has 2 N–H and O–H groups in total. The van der Waals surface area contributed by atoms with Crippen molar-refractivity contribution in [1.82, 2.24) is 10.6 Å². The summed E-state index contributed by atoms with van der Waals surface area (Å²) in [5.41, 5.74) is 4.02. The van der Waals surface area contributed by atoms with E-state index in [1.807, 2.05) is 45.0 Å². The van der Waals surface area contributed by atoms with Crippen molar-refractivity contribution in [3.63, 3.8) is 0 Å². The number of hydrogen-bond acceptors (Lipinski definition) is 4. The van der Waals surface area contributed by atoms with E-state index in [1.54, 1.807) is 6.07 Å². The van der Waals surface area contributed by atoms with Crippen LogP contribution >= 0.6 is 0 Å². The second-order valence-electron chi connectivity index (χ2n) is 6.83. The predicted molar refractivity (Wildman–Crippen MR) is 118 cm³/mol. The molecule has 158 valence electrons. The molecular formula is C22H31N3O3S. The molecule has 0 aliphatic carbocycles. The van der Waals surface area contributed by atoms with Gasteiger partial charge in [0, 0.05) is 26.0 Å². The molecule has 0 fully saturated rings. The number of rotatable bonds is 9. The van der Waals surface area contributed by atoms with Gasteiger partial charge >= 0.3 is 0 Å². The highest BCUT2D eigenvalue weighted by molar-refractivity contribution is 7.90. The molecular weight excluding hydrogens is 386 g/mol. The fraction of sp³-hybridized carbons (Fsp3) is 0.409. The average Bonchev–Trinajstić information content (AvgIpc) is 2.68. The summed E-state index contributed by atoms with van der Waals surface area (Å²) >= 11 is 0. The van der Waals surface area contributed by atoms with Gasteiger partial charge in [0.2, 0.25) is 0 Å². The SMILES string of the molecule is CCNC(=NCc1ccc(S(C)(=O)=O)c(C)c1)NCc1ccccc1COCC. The Hall–Kier alpha value is -2.38. The highest BCUT2D eigenvalue weighted by atomic mass is 32.2. The van der Waals surface area contributed by atoms with E-state index in [-0.39, 0.29) is 0 Å². The van der Waals surface area contributed by atoms with Crippen LogP contribution in [-0.4, -0.2) is 33.8 Å². The highest BCUT2D eigenvalue weighted by Gasteiger charge is 2.11. The molecule has 0 spiro atoms. The van der Waals surface area contributed by atoms with Crippen LogP contribution in [0.2, 0.25) is 0 Å². The Morgan fingerprint density at radius 3 is 2.41 bits per heavy atom. The van der Waals surface area contributed by atoms with Crippen LogP contribution in [0.25, 0.3) is 0 Å². The topological polar surface area (TPSA) is 79.8 Å². The second kappa shape index (κ2) is 11.0. The van der Waals surface area contributed by atoms with Gasteiger partial charge < -0.3 is 15.4 Å². The van der Waals surface area contributed by atoms with E-state index in [1.165, 1.54) is 11.8 Å². The molecule has 0 unspecified atom stereocenters. The van der Waals surface area contributed by atoms with Crippen LogP contribution in [0.3, 0.4) is 0 Å². The van der Waals surface area contributed by atoms with Crippen molar-refractivity contribution in [2.75, 3.05) is 19.4 Å². The lowest BCUT2D eigenvalue weighted by atomic mass is 10.1. The molecule has 29 heavy (non-hydrogen) atoms. The Balaban J connectivity index is 2.08. The lowest BCUT2D eigenvalue weighted by Crippen LogP contribution is -2.37. The first-order valence-electron chi connectivity index (χ1n) is 9.81. The fourth-order valence-electron chi connectivity index (χ4n) is 3.00. The third-order valence-corrected chi connectivity index (χ3v) is 5.69. The van der Waals surface area contributed by atoms with Crippen molar-refractivity contribution >= 4 is 15.8 Å². The standard InChI is InChI=1S/C22H31N3O3S/c1-5-23-22(25-15-19-9-7-8-10-20(19)16-28-6-2)24-14-18-11-12-21(17(3)13-18)29(4,26)27/h7-13H,5-6,14-16H2,1-4H3,(H2,23,24,25). The molecule has 2 aromatic carbocycles. The van der Waals surface area contributed by atoms with Crippen molar-refractivity contribution in [2.45, 2.75) is 45.4 Å². The molecule has 6 nitrogen and oxygen atoms in total. The van der Waals surface area contributed by atoms with Crippen LogP contribution in [0, 0.1) is 6.92 Å². The molecule has 0 atom stereocenters. The summed E-state index contributed by atoms with van der Waals surface area (Å²) in [5, 5.41) is 6.61. The maximum atomic E-state index is 11.8. The van der Waals surface area contributed by atoms with Crippen LogP contribution in [0.15, 0.2) is 52.4 Å². The van der Waals surface area contributed by atoms with Gasteiger partial charge in [0.05, 0.1) is 18.0 Å². The van der Waals surface area contributed by atoms with E-state index in [0.717, 1.165) is 23.2 Å². The Morgan fingerprint density at radius 2 is 1.79 bits per heavy atom. The van der Waals surface area contributed by atoms with E-state index in [4.69, 9.17) is 4.74 Å². The molecule has 0 aromatic heterocycles. The Morgan fingerprint density at radius 1 is 1.07 bits per heavy atom. The number of guanidine groups is 1. The number of nitrogens with zero attached hydrogens (tertiary/aromatic N) is 1. The van der Waals surface area contributed by atoms with Crippen molar-refractivity contribution in [3.8, 4) is 0 Å². The third kappa shape index (κ3) is 7.18. The Kier molecular flexibility index (Phi) is 8.67. The first-order chi connectivity index (χ1) is 13.8. The molecule has 2 rings (SSSR count). The van der Waals surface area contributed by atoms with Crippen LogP contribution in [0.4, 0.5) is 0 Å². The van der Waals surface area contributed by atoms with Crippen LogP contribution in [0.5, 0.6) is 0 Å². The van der Waals surface area contributed by atoms with Gasteiger partial charge in [-0.15, -0.1) is 0 Å². The second-order valence-corrected chi connectivity index (χ2v) is 8.81. The van der Waals surface area contributed by atoms with Gasteiger partial charge in [0.25, 0.3) is 0 Å². The molecule has 0 saturated heterocycles. The highest BCUT2D eigenvalue weighted by Crippen LogP contribution is 2.17. The first kappa shape index (κ1) is 22.9. The van der Waals surface area contributed by atoms with Gasteiger partial charge in [-0.25, -0.2) is 13.4 Å². The number of nitrogens with one attached hydrogen (secondary N) is 2. The maximum absolute atomic E-state index is 11.8. The summed E-state index contributed by atoms with van der Waals surface area (Å²) in [4.78, 5) is 5.00. The third-order valence-electron chi connectivity index (χ3n) is 4.43.